The molecule has 1 N–H and O–H groups in total. The van der Waals surface area contributed by atoms with E-state index in [2.05, 4.69) is 10.3 Å². The van der Waals surface area contributed by atoms with Crippen molar-refractivity contribution < 1.29 is 14.0 Å². The molecule has 3 aromatic rings. The van der Waals surface area contributed by atoms with Crippen molar-refractivity contribution in [3.8, 4) is 10.6 Å². The first-order valence-electron chi connectivity index (χ1n) is 8.94. The van der Waals surface area contributed by atoms with Crippen LogP contribution in [0.4, 0.5) is 10.1 Å². The Morgan fingerprint density at radius 1 is 1.18 bits per heavy atom. The van der Waals surface area contributed by atoms with E-state index in [4.69, 9.17) is 0 Å². The standard InChI is InChI=1S/C21H18FN3O2S/c22-17-8-4-5-9-18(17)25-12-15(11-20(25)27)23-19(26)10-16-13-28-21(24-16)14-6-2-1-3-7-14/h1-9,13,15H,10-12H2,(H,23,26)/t15-/m0/s1. The summed E-state index contributed by atoms with van der Waals surface area (Å²) in [6, 6.07) is 15.6. The predicted molar refractivity (Wildman–Crippen MR) is 107 cm³/mol. The summed E-state index contributed by atoms with van der Waals surface area (Å²) in [5.74, 6) is -0.841. The molecule has 142 valence electrons. The fourth-order valence-corrected chi connectivity index (χ4v) is 4.08. The summed E-state index contributed by atoms with van der Waals surface area (Å²) in [5.41, 5.74) is 1.95. The Morgan fingerprint density at radius 3 is 2.71 bits per heavy atom. The van der Waals surface area contributed by atoms with Crippen molar-refractivity contribution in [2.45, 2.75) is 18.9 Å². The molecule has 2 heterocycles. The monoisotopic (exact) mass is 395 g/mol. The third-order valence-corrected chi connectivity index (χ3v) is 5.49. The molecule has 0 spiro atoms. The van der Waals surface area contributed by atoms with Crippen LogP contribution in [0.3, 0.4) is 0 Å². The minimum Gasteiger partial charge on any atom is -0.351 e. The van der Waals surface area contributed by atoms with Crippen LogP contribution in [0.25, 0.3) is 10.6 Å². The maximum Gasteiger partial charge on any atom is 0.229 e. The molecule has 0 bridgehead atoms. The van der Waals surface area contributed by atoms with E-state index in [9.17, 15) is 14.0 Å². The highest BCUT2D eigenvalue weighted by molar-refractivity contribution is 7.13. The van der Waals surface area contributed by atoms with Gasteiger partial charge in [0.05, 0.1) is 23.8 Å². The van der Waals surface area contributed by atoms with Crippen LogP contribution in [0.5, 0.6) is 0 Å². The van der Waals surface area contributed by atoms with Gasteiger partial charge in [-0.3, -0.25) is 9.59 Å². The molecule has 2 aromatic carbocycles. The van der Waals surface area contributed by atoms with E-state index < -0.39 is 5.82 Å². The third kappa shape index (κ3) is 3.94. The number of para-hydroxylation sites is 1. The zero-order valence-corrected chi connectivity index (χ0v) is 15.8. The average molecular weight is 395 g/mol. The lowest BCUT2D eigenvalue weighted by atomic mass is 10.2. The van der Waals surface area contributed by atoms with Gasteiger partial charge in [0.15, 0.2) is 0 Å². The number of amides is 2. The van der Waals surface area contributed by atoms with Gasteiger partial charge in [-0.1, -0.05) is 42.5 Å². The highest BCUT2D eigenvalue weighted by atomic mass is 32.1. The molecule has 2 amide bonds. The Kier molecular flexibility index (Phi) is 5.16. The first-order valence-corrected chi connectivity index (χ1v) is 9.82. The SMILES string of the molecule is O=C(Cc1csc(-c2ccccc2)n1)N[C@H]1CC(=O)N(c2ccccc2F)C1. The van der Waals surface area contributed by atoms with Gasteiger partial charge < -0.3 is 10.2 Å². The second-order valence-corrected chi connectivity index (χ2v) is 7.47. The molecule has 1 fully saturated rings. The minimum atomic E-state index is -0.446. The van der Waals surface area contributed by atoms with E-state index in [-0.39, 0.29) is 42.9 Å². The van der Waals surface area contributed by atoms with Crippen LogP contribution in [-0.2, 0) is 16.0 Å². The van der Waals surface area contributed by atoms with Crippen molar-refractivity contribution in [3.05, 3.63) is 71.5 Å². The molecule has 28 heavy (non-hydrogen) atoms. The van der Waals surface area contributed by atoms with Gasteiger partial charge in [0.25, 0.3) is 0 Å². The number of rotatable bonds is 5. The van der Waals surface area contributed by atoms with E-state index in [1.807, 2.05) is 35.7 Å². The summed E-state index contributed by atoms with van der Waals surface area (Å²) in [6.45, 7) is 0.262. The van der Waals surface area contributed by atoms with Crippen molar-refractivity contribution in [2.24, 2.45) is 0 Å². The maximum absolute atomic E-state index is 13.9. The average Bonchev–Trinajstić information content (AvgIpc) is 3.29. The zero-order chi connectivity index (χ0) is 19.5. The molecule has 0 radical (unpaired) electrons. The third-order valence-electron chi connectivity index (χ3n) is 4.55. The molecule has 1 atom stereocenters. The fraction of sp³-hybridized carbons (Fsp3) is 0.190. The number of thiazole rings is 1. The summed E-state index contributed by atoms with van der Waals surface area (Å²) in [6.07, 6.45) is 0.306. The molecule has 4 rings (SSSR count). The Labute approximate surface area is 165 Å². The first-order chi connectivity index (χ1) is 13.6. The number of aromatic nitrogens is 1. The predicted octanol–water partition coefficient (Wildman–Crippen LogP) is 3.41. The smallest absolute Gasteiger partial charge is 0.229 e. The van der Waals surface area contributed by atoms with Crippen molar-refractivity contribution in [1.29, 1.82) is 0 Å². The lowest BCUT2D eigenvalue weighted by molar-refractivity contribution is -0.121. The molecule has 0 saturated carbocycles. The number of benzene rings is 2. The van der Waals surface area contributed by atoms with Crippen molar-refractivity contribution in [2.75, 3.05) is 11.4 Å². The van der Waals surface area contributed by atoms with Gasteiger partial charge in [-0.25, -0.2) is 9.37 Å². The quantitative estimate of drug-likeness (QED) is 0.720. The molecule has 1 aromatic heterocycles. The topological polar surface area (TPSA) is 62.3 Å². The van der Waals surface area contributed by atoms with E-state index in [0.717, 1.165) is 10.6 Å². The van der Waals surface area contributed by atoms with E-state index in [1.54, 1.807) is 18.2 Å². The summed E-state index contributed by atoms with van der Waals surface area (Å²) in [7, 11) is 0. The first kappa shape index (κ1) is 18.3. The van der Waals surface area contributed by atoms with Crippen molar-refractivity contribution in [3.63, 3.8) is 0 Å². The number of halogens is 1. The summed E-state index contributed by atoms with van der Waals surface area (Å²) in [5, 5.41) is 5.60. The van der Waals surface area contributed by atoms with Crippen LogP contribution in [0.2, 0.25) is 0 Å². The largest absolute Gasteiger partial charge is 0.351 e. The van der Waals surface area contributed by atoms with Gasteiger partial charge in [-0.15, -0.1) is 11.3 Å². The lowest BCUT2D eigenvalue weighted by Gasteiger charge is -2.17. The minimum absolute atomic E-state index is 0.147. The van der Waals surface area contributed by atoms with E-state index >= 15 is 0 Å². The van der Waals surface area contributed by atoms with E-state index in [0.29, 0.717) is 5.69 Å². The number of hydrogen-bond donors (Lipinski definition) is 1. The Bertz CT molecular complexity index is 1010. The van der Waals surface area contributed by atoms with Crippen LogP contribution in [0.15, 0.2) is 60.0 Å². The van der Waals surface area contributed by atoms with E-state index in [1.165, 1.54) is 22.3 Å². The number of hydrogen-bond acceptors (Lipinski definition) is 4. The summed E-state index contributed by atoms with van der Waals surface area (Å²) >= 11 is 1.49. The molecule has 1 aliphatic rings. The Hall–Kier alpha value is -3.06. The molecule has 0 unspecified atom stereocenters. The molecular weight excluding hydrogens is 377 g/mol. The maximum atomic E-state index is 13.9. The van der Waals surface area contributed by atoms with Crippen LogP contribution < -0.4 is 10.2 Å². The van der Waals surface area contributed by atoms with Gasteiger partial charge in [0, 0.05) is 23.9 Å². The van der Waals surface area contributed by atoms with Gasteiger partial charge in [-0.05, 0) is 12.1 Å². The zero-order valence-electron chi connectivity index (χ0n) is 15.0. The molecule has 1 saturated heterocycles. The number of carbonyl (C=O) groups excluding carboxylic acids is 2. The van der Waals surface area contributed by atoms with Gasteiger partial charge in [0.1, 0.15) is 10.8 Å². The molecule has 1 aliphatic heterocycles. The van der Waals surface area contributed by atoms with Crippen molar-refractivity contribution in [1.82, 2.24) is 10.3 Å². The second-order valence-electron chi connectivity index (χ2n) is 6.61. The normalized spacial score (nSPS) is 16.4. The molecule has 7 heteroatoms. The second kappa shape index (κ2) is 7.90. The molecular formula is C21H18FN3O2S. The summed E-state index contributed by atoms with van der Waals surface area (Å²) < 4.78 is 13.9. The number of nitrogens with zero attached hydrogens (tertiary/aromatic N) is 2. The number of nitrogens with one attached hydrogen (secondary N) is 1. The number of carbonyl (C=O) groups is 2. The van der Waals surface area contributed by atoms with Gasteiger partial charge >= 0.3 is 0 Å². The van der Waals surface area contributed by atoms with Crippen LogP contribution in [0.1, 0.15) is 12.1 Å². The van der Waals surface area contributed by atoms with Crippen molar-refractivity contribution >= 4 is 28.8 Å². The van der Waals surface area contributed by atoms with Crippen LogP contribution >= 0.6 is 11.3 Å². The molecule has 5 nitrogen and oxygen atoms in total. The number of anilines is 1. The highest BCUT2D eigenvalue weighted by Gasteiger charge is 2.32. The highest BCUT2D eigenvalue weighted by Crippen LogP contribution is 2.25. The Morgan fingerprint density at radius 2 is 1.93 bits per heavy atom. The van der Waals surface area contributed by atoms with Gasteiger partial charge in [0.2, 0.25) is 11.8 Å². The lowest BCUT2D eigenvalue weighted by Crippen LogP contribution is -2.38. The fourth-order valence-electron chi connectivity index (χ4n) is 3.25. The van der Waals surface area contributed by atoms with Gasteiger partial charge in [-0.2, -0.15) is 0 Å². The molecule has 0 aliphatic carbocycles. The summed E-state index contributed by atoms with van der Waals surface area (Å²) in [4.78, 5) is 30.5. The van der Waals surface area contributed by atoms with Crippen LogP contribution in [-0.4, -0.2) is 29.4 Å². The van der Waals surface area contributed by atoms with Crippen LogP contribution in [0, 0.1) is 5.82 Å². The Balaban J connectivity index is 1.37.